The summed E-state index contributed by atoms with van der Waals surface area (Å²) in [4.78, 5) is 15.9. The van der Waals surface area contributed by atoms with Crippen LogP contribution in [0.2, 0.25) is 0 Å². The van der Waals surface area contributed by atoms with E-state index in [0.717, 1.165) is 33.6 Å². The topological polar surface area (TPSA) is 111 Å². The minimum absolute atomic E-state index is 0.150. The lowest BCUT2D eigenvalue weighted by atomic mass is 10.1. The average molecular weight is 492 g/mol. The summed E-state index contributed by atoms with van der Waals surface area (Å²) in [5, 5.41) is 22.8. The number of H-pyrrole nitrogens is 1. The number of para-hydroxylation sites is 1. The minimum atomic E-state index is -0.183. The normalized spacial score (nSPS) is 11.1. The van der Waals surface area contributed by atoms with Gasteiger partial charge in [0.05, 0.1) is 18.6 Å². The summed E-state index contributed by atoms with van der Waals surface area (Å²) in [6.07, 6.45) is 2.70. The van der Waals surface area contributed by atoms with Crippen molar-refractivity contribution < 1.29 is 9.53 Å². The van der Waals surface area contributed by atoms with Gasteiger partial charge in [0.1, 0.15) is 10.8 Å². The van der Waals surface area contributed by atoms with Crippen LogP contribution < -0.4 is 10.1 Å². The zero-order valence-electron chi connectivity index (χ0n) is 18.5. The van der Waals surface area contributed by atoms with E-state index in [4.69, 9.17) is 4.74 Å². The second kappa shape index (κ2) is 9.65. The lowest BCUT2D eigenvalue weighted by molar-refractivity contribution is -0.113. The maximum absolute atomic E-state index is 12.6. The Balaban J connectivity index is 1.48. The molecule has 2 N–H and O–H groups in total. The second-order valence-electron chi connectivity index (χ2n) is 7.28. The van der Waals surface area contributed by atoms with Gasteiger partial charge in [-0.25, -0.2) is 0 Å². The summed E-state index contributed by atoms with van der Waals surface area (Å²) in [5.41, 5.74) is 2.77. The molecule has 5 rings (SSSR count). The van der Waals surface area contributed by atoms with Crippen LogP contribution in [-0.4, -0.2) is 48.7 Å². The largest absolute Gasteiger partial charge is 0.497 e. The molecular weight excluding hydrogens is 470 g/mol. The molecule has 3 heterocycles. The Bertz CT molecular complexity index is 1460. The number of methoxy groups -OCH3 is 1. The van der Waals surface area contributed by atoms with Crippen molar-refractivity contribution in [1.29, 1.82) is 0 Å². The first-order valence-corrected chi connectivity index (χ1v) is 12.4. The van der Waals surface area contributed by atoms with Crippen LogP contribution in [0.3, 0.4) is 0 Å². The Morgan fingerprint density at radius 2 is 2.03 bits per heavy atom. The predicted molar refractivity (Wildman–Crippen MR) is 134 cm³/mol. The molecule has 0 aliphatic rings. The van der Waals surface area contributed by atoms with E-state index in [1.165, 1.54) is 23.1 Å². The van der Waals surface area contributed by atoms with E-state index >= 15 is 0 Å². The molecule has 0 radical (unpaired) electrons. The van der Waals surface area contributed by atoms with Crippen molar-refractivity contribution >= 4 is 45.0 Å². The molecule has 2 aromatic carbocycles. The third kappa shape index (κ3) is 4.39. The van der Waals surface area contributed by atoms with Crippen molar-refractivity contribution in [3.63, 3.8) is 0 Å². The number of ether oxygens (including phenoxy) is 1. The number of anilines is 1. The lowest BCUT2D eigenvalue weighted by Crippen LogP contribution is -2.14. The molecule has 0 aliphatic heterocycles. The van der Waals surface area contributed by atoms with Crippen LogP contribution in [0.1, 0.15) is 11.9 Å². The molecule has 5 aromatic rings. The van der Waals surface area contributed by atoms with Crippen molar-refractivity contribution in [3.8, 4) is 22.8 Å². The first-order valence-electron chi connectivity index (χ1n) is 10.6. The number of thioether (sulfide) groups is 1. The van der Waals surface area contributed by atoms with Gasteiger partial charge >= 0.3 is 0 Å². The summed E-state index contributed by atoms with van der Waals surface area (Å²) >= 11 is 2.68. The fourth-order valence-corrected chi connectivity index (χ4v) is 4.96. The number of carbonyl (C=O) groups is 1. The van der Waals surface area contributed by atoms with Gasteiger partial charge in [0.15, 0.2) is 11.0 Å². The standard InChI is InChI=1S/C23H21N7O2S2/c1-3-20-26-28-22(34-20)25-19(31)13-33-23-29-27-21(17-12-24-18-10-5-4-9-16(17)18)30(23)14-7-6-8-15(11-14)32-2/h4-12,24H,3,13H2,1-2H3,(H,25,28,31). The van der Waals surface area contributed by atoms with Crippen molar-refractivity contribution in [1.82, 2.24) is 29.9 Å². The van der Waals surface area contributed by atoms with E-state index in [2.05, 4.69) is 30.7 Å². The Hall–Kier alpha value is -3.70. The number of nitrogens with zero attached hydrogens (tertiary/aromatic N) is 5. The number of hydrogen-bond acceptors (Lipinski definition) is 8. The van der Waals surface area contributed by atoms with E-state index in [0.29, 0.717) is 21.9 Å². The van der Waals surface area contributed by atoms with E-state index < -0.39 is 0 Å². The maximum Gasteiger partial charge on any atom is 0.236 e. The lowest BCUT2D eigenvalue weighted by Gasteiger charge is -2.11. The van der Waals surface area contributed by atoms with Crippen LogP contribution in [0, 0.1) is 0 Å². The van der Waals surface area contributed by atoms with Crippen molar-refractivity contribution in [2.24, 2.45) is 0 Å². The highest BCUT2D eigenvalue weighted by atomic mass is 32.2. The molecule has 9 nitrogen and oxygen atoms in total. The zero-order valence-corrected chi connectivity index (χ0v) is 20.1. The molecule has 1 amide bonds. The first kappa shape index (κ1) is 22.1. The fourth-order valence-electron chi connectivity index (χ4n) is 3.51. The Labute approximate surface area is 203 Å². The summed E-state index contributed by atoms with van der Waals surface area (Å²) in [7, 11) is 1.63. The SMILES string of the molecule is CCc1nnc(NC(=O)CSc2nnc(-c3c[nH]c4ccccc34)n2-c2cccc(OC)c2)s1. The number of hydrogen-bond donors (Lipinski definition) is 2. The predicted octanol–water partition coefficient (Wildman–Crippen LogP) is 4.57. The molecule has 0 atom stereocenters. The van der Waals surface area contributed by atoms with Gasteiger partial charge in [0.25, 0.3) is 0 Å². The van der Waals surface area contributed by atoms with Crippen molar-refractivity contribution in [2.75, 3.05) is 18.2 Å². The highest BCUT2D eigenvalue weighted by Gasteiger charge is 2.20. The number of aromatic nitrogens is 6. The number of benzene rings is 2. The molecule has 11 heteroatoms. The molecule has 3 aromatic heterocycles. The molecule has 34 heavy (non-hydrogen) atoms. The molecule has 0 saturated carbocycles. The van der Waals surface area contributed by atoms with Crippen LogP contribution in [0.5, 0.6) is 5.75 Å². The average Bonchev–Trinajstić information content (AvgIpc) is 3.60. The number of amides is 1. The molecule has 0 spiro atoms. The summed E-state index contributed by atoms with van der Waals surface area (Å²) in [6.45, 7) is 2.00. The number of nitrogens with one attached hydrogen (secondary N) is 2. The van der Waals surface area contributed by atoms with Gasteiger partial charge in [-0.2, -0.15) is 0 Å². The van der Waals surface area contributed by atoms with E-state index in [9.17, 15) is 4.79 Å². The van der Waals surface area contributed by atoms with Gasteiger partial charge < -0.3 is 9.72 Å². The maximum atomic E-state index is 12.6. The highest BCUT2D eigenvalue weighted by molar-refractivity contribution is 7.99. The summed E-state index contributed by atoms with van der Waals surface area (Å²) in [5.74, 6) is 1.35. The Morgan fingerprint density at radius 3 is 2.85 bits per heavy atom. The third-order valence-corrected chi connectivity index (χ3v) is 7.03. The number of fused-ring (bicyclic) bond motifs is 1. The molecule has 0 fully saturated rings. The van der Waals surface area contributed by atoms with Gasteiger partial charge in [0, 0.05) is 28.7 Å². The smallest absolute Gasteiger partial charge is 0.236 e. The molecule has 172 valence electrons. The first-order chi connectivity index (χ1) is 16.7. The van der Waals surface area contributed by atoms with Gasteiger partial charge in [0.2, 0.25) is 11.0 Å². The highest BCUT2D eigenvalue weighted by Crippen LogP contribution is 2.33. The molecule has 0 aliphatic carbocycles. The number of aryl methyl sites for hydroxylation is 1. The zero-order chi connectivity index (χ0) is 23.5. The van der Waals surface area contributed by atoms with Crippen LogP contribution in [0.4, 0.5) is 5.13 Å². The van der Waals surface area contributed by atoms with E-state index in [-0.39, 0.29) is 11.7 Å². The van der Waals surface area contributed by atoms with Gasteiger partial charge in [-0.15, -0.1) is 20.4 Å². The van der Waals surface area contributed by atoms with Crippen LogP contribution in [-0.2, 0) is 11.2 Å². The minimum Gasteiger partial charge on any atom is -0.497 e. The van der Waals surface area contributed by atoms with Gasteiger partial charge in [-0.1, -0.05) is 54.3 Å². The molecule has 0 bridgehead atoms. The quantitative estimate of drug-likeness (QED) is 0.306. The van der Waals surface area contributed by atoms with Crippen molar-refractivity contribution in [3.05, 3.63) is 59.7 Å². The van der Waals surface area contributed by atoms with Crippen LogP contribution >= 0.6 is 23.1 Å². The summed E-state index contributed by atoms with van der Waals surface area (Å²) < 4.78 is 7.37. The molecular formula is C23H21N7O2S2. The van der Waals surface area contributed by atoms with Gasteiger partial charge in [-0.05, 0) is 24.6 Å². The number of aromatic amines is 1. The number of rotatable bonds is 8. The van der Waals surface area contributed by atoms with Crippen LogP contribution in [0.25, 0.3) is 28.0 Å². The Morgan fingerprint density at radius 1 is 1.15 bits per heavy atom. The third-order valence-electron chi connectivity index (χ3n) is 5.12. The molecule has 0 unspecified atom stereocenters. The van der Waals surface area contributed by atoms with Gasteiger partial charge in [-0.3, -0.25) is 14.7 Å². The van der Waals surface area contributed by atoms with Crippen molar-refractivity contribution in [2.45, 2.75) is 18.5 Å². The van der Waals surface area contributed by atoms with Crippen LogP contribution in [0.15, 0.2) is 59.9 Å². The van der Waals surface area contributed by atoms with E-state index in [1.54, 1.807) is 7.11 Å². The van der Waals surface area contributed by atoms with E-state index in [1.807, 2.05) is 66.2 Å². The number of carbonyl (C=O) groups excluding carboxylic acids is 1. The Kier molecular flexibility index (Phi) is 6.28. The second-order valence-corrected chi connectivity index (χ2v) is 9.29. The molecule has 0 saturated heterocycles. The fraction of sp³-hybridized carbons (Fsp3) is 0.174. The monoisotopic (exact) mass is 491 g/mol. The summed E-state index contributed by atoms with van der Waals surface area (Å²) in [6, 6.07) is 15.7.